The zero-order valence-corrected chi connectivity index (χ0v) is 11.2. The molecule has 0 atom stereocenters. The molecule has 0 saturated carbocycles. The molecule has 0 aliphatic rings. The smallest absolute Gasteiger partial charge is 0.134 e. The number of aliphatic hydroxyl groups excluding tert-OH is 2. The Morgan fingerprint density at radius 3 is 2.28 bits per heavy atom. The molecule has 0 saturated heterocycles. The third-order valence-electron chi connectivity index (χ3n) is 2.56. The van der Waals surface area contributed by atoms with Crippen molar-refractivity contribution in [3.63, 3.8) is 0 Å². The summed E-state index contributed by atoms with van der Waals surface area (Å²) >= 11 is 3.36. The van der Waals surface area contributed by atoms with E-state index in [0.29, 0.717) is 22.6 Å². The molecule has 0 radical (unpaired) electrons. The fraction of sp³-hybridized carbons (Fsp3) is 0.143. The summed E-state index contributed by atoms with van der Waals surface area (Å²) in [4.78, 5) is 0. The van der Waals surface area contributed by atoms with Crippen LogP contribution in [0.15, 0.2) is 46.9 Å². The number of para-hydroxylation sites is 1. The fourth-order valence-electron chi connectivity index (χ4n) is 1.61. The van der Waals surface area contributed by atoms with Crippen molar-refractivity contribution < 1.29 is 14.9 Å². The molecule has 2 N–H and O–H groups in total. The second kappa shape index (κ2) is 6.00. The Kier molecular flexibility index (Phi) is 4.36. The van der Waals surface area contributed by atoms with Gasteiger partial charge in [-0.05, 0) is 18.2 Å². The van der Waals surface area contributed by atoms with E-state index in [2.05, 4.69) is 15.9 Å². The Balaban J connectivity index is 2.36. The summed E-state index contributed by atoms with van der Waals surface area (Å²) in [5.74, 6) is 1.17. The maximum Gasteiger partial charge on any atom is 0.134 e. The summed E-state index contributed by atoms with van der Waals surface area (Å²) in [5.41, 5.74) is 1.41. The fourth-order valence-corrected chi connectivity index (χ4v) is 1.95. The highest BCUT2D eigenvalue weighted by atomic mass is 79.9. The molecule has 0 bridgehead atoms. The number of hydrogen-bond donors (Lipinski definition) is 2. The number of ether oxygens (including phenoxy) is 1. The lowest BCUT2D eigenvalue weighted by molar-refractivity contribution is 0.271. The van der Waals surface area contributed by atoms with Crippen molar-refractivity contribution in [2.24, 2.45) is 0 Å². The van der Waals surface area contributed by atoms with Crippen LogP contribution in [0.3, 0.4) is 0 Å². The third-order valence-corrected chi connectivity index (χ3v) is 3.06. The first kappa shape index (κ1) is 13.1. The molecule has 3 nitrogen and oxygen atoms in total. The summed E-state index contributed by atoms with van der Waals surface area (Å²) < 4.78 is 6.62. The Bertz CT molecular complexity index is 540. The van der Waals surface area contributed by atoms with E-state index in [4.69, 9.17) is 4.74 Å². The van der Waals surface area contributed by atoms with Crippen LogP contribution in [0, 0.1) is 0 Å². The van der Waals surface area contributed by atoms with Gasteiger partial charge in [0, 0.05) is 15.6 Å². The standard InChI is InChI=1S/C14H13BrO3/c15-12-6-5-11(9-17)14(7-12)18-13-4-2-1-3-10(13)8-16/h1-7,16-17H,8-9H2. The lowest BCUT2D eigenvalue weighted by Gasteiger charge is -2.12. The second-order valence-electron chi connectivity index (χ2n) is 3.78. The quantitative estimate of drug-likeness (QED) is 0.911. The third kappa shape index (κ3) is 2.90. The normalized spacial score (nSPS) is 10.4. The van der Waals surface area contributed by atoms with Crippen LogP contribution in [0.2, 0.25) is 0 Å². The van der Waals surface area contributed by atoms with Crippen molar-refractivity contribution >= 4 is 15.9 Å². The van der Waals surface area contributed by atoms with Gasteiger partial charge in [-0.3, -0.25) is 0 Å². The van der Waals surface area contributed by atoms with Crippen molar-refractivity contribution in [3.8, 4) is 11.5 Å². The zero-order chi connectivity index (χ0) is 13.0. The largest absolute Gasteiger partial charge is 0.457 e. The minimum atomic E-state index is -0.0933. The molecule has 0 aromatic heterocycles. The molecular formula is C14H13BrO3. The Morgan fingerprint density at radius 1 is 0.889 bits per heavy atom. The van der Waals surface area contributed by atoms with E-state index in [0.717, 1.165) is 4.47 Å². The van der Waals surface area contributed by atoms with Crippen LogP contribution in [-0.2, 0) is 13.2 Å². The van der Waals surface area contributed by atoms with E-state index in [9.17, 15) is 10.2 Å². The maximum absolute atomic E-state index is 9.27. The highest BCUT2D eigenvalue weighted by molar-refractivity contribution is 9.10. The van der Waals surface area contributed by atoms with Crippen molar-refractivity contribution in [2.45, 2.75) is 13.2 Å². The van der Waals surface area contributed by atoms with Crippen LogP contribution < -0.4 is 4.74 Å². The van der Waals surface area contributed by atoms with E-state index >= 15 is 0 Å². The average molecular weight is 309 g/mol. The number of hydrogen-bond acceptors (Lipinski definition) is 3. The number of aliphatic hydroxyl groups is 2. The first-order valence-electron chi connectivity index (χ1n) is 5.50. The molecular weight excluding hydrogens is 296 g/mol. The van der Waals surface area contributed by atoms with E-state index < -0.39 is 0 Å². The molecule has 0 heterocycles. The van der Waals surface area contributed by atoms with Crippen molar-refractivity contribution in [1.29, 1.82) is 0 Å². The number of benzene rings is 2. The average Bonchev–Trinajstić information content (AvgIpc) is 2.40. The predicted molar refractivity (Wildman–Crippen MR) is 72.5 cm³/mol. The van der Waals surface area contributed by atoms with Gasteiger partial charge in [-0.1, -0.05) is 40.2 Å². The molecule has 0 spiro atoms. The molecule has 2 aromatic carbocycles. The highest BCUT2D eigenvalue weighted by Crippen LogP contribution is 2.30. The first-order valence-corrected chi connectivity index (χ1v) is 6.30. The van der Waals surface area contributed by atoms with E-state index in [1.807, 2.05) is 18.2 Å². The van der Waals surface area contributed by atoms with Crippen LogP contribution in [0.4, 0.5) is 0 Å². The molecule has 0 aliphatic heterocycles. The van der Waals surface area contributed by atoms with Gasteiger partial charge in [0.25, 0.3) is 0 Å². The molecule has 0 aliphatic carbocycles. The lowest BCUT2D eigenvalue weighted by atomic mass is 10.2. The molecule has 0 amide bonds. The van der Waals surface area contributed by atoms with Crippen LogP contribution in [-0.4, -0.2) is 10.2 Å². The van der Waals surface area contributed by atoms with Crippen molar-refractivity contribution in [2.75, 3.05) is 0 Å². The van der Waals surface area contributed by atoms with Gasteiger partial charge in [-0.15, -0.1) is 0 Å². The minimum Gasteiger partial charge on any atom is -0.457 e. The Morgan fingerprint density at radius 2 is 1.56 bits per heavy atom. The highest BCUT2D eigenvalue weighted by Gasteiger charge is 2.08. The number of rotatable bonds is 4. The minimum absolute atomic E-state index is 0.0847. The monoisotopic (exact) mass is 308 g/mol. The molecule has 2 aromatic rings. The van der Waals surface area contributed by atoms with Gasteiger partial charge in [-0.25, -0.2) is 0 Å². The maximum atomic E-state index is 9.27. The van der Waals surface area contributed by atoms with Crippen molar-refractivity contribution in [3.05, 3.63) is 58.1 Å². The summed E-state index contributed by atoms with van der Waals surface area (Å²) in [6.45, 7) is -0.178. The Hall–Kier alpha value is -1.36. The van der Waals surface area contributed by atoms with Gasteiger partial charge < -0.3 is 14.9 Å². The van der Waals surface area contributed by atoms with E-state index in [-0.39, 0.29) is 13.2 Å². The Labute approximate surface area is 114 Å². The van der Waals surface area contributed by atoms with E-state index in [1.54, 1.807) is 24.3 Å². The van der Waals surface area contributed by atoms with Gasteiger partial charge in [0.15, 0.2) is 0 Å². The van der Waals surface area contributed by atoms with E-state index in [1.165, 1.54) is 0 Å². The van der Waals surface area contributed by atoms with Crippen LogP contribution in [0.25, 0.3) is 0 Å². The summed E-state index contributed by atoms with van der Waals surface area (Å²) in [6, 6.07) is 12.7. The summed E-state index contributed by atoms with van der Waals surface area (Å²) in [6.07, 6.45) is 0. The first-order chi connectivity index (χ1) is 8.74. The topological polar surface area (TPSA) is 49.7 Å². The zero-order valence-electron chi connectivity index (χ0n) is 9.64. The van der Waals surface area contributed by atoms with Crippen LogP contribution >= 0.6 is 15.9 Å². The van der Waals surface area contributed by atoms with Gasteiger partial charge in [0.2, 0.25) is 0 Å². The number of halogens is 1. The van der Waals surface area contributed by atoms with Gasteiger partial charge >= 0.3 is 0 Å². The van der Waals surface area contributed by atoms with Crippen LogP contribution in [0.5, 0.6) is 11.5 Å². The molecule has 4 heteroatoms. The van der Waals surface area contributed by atoms with Crippen LogP contribution in [0.1, 0.15) is 11.1 Å². The molecule has 94 valence electrons. The molecule has 0 unspecified atom stereocenters. The van der Waals surface area contributed by atoms with Gasteiger partial charge in [0.1, 0.15) is 11.5 Å². The summed E-state index contributed by atoms with van der Waals surface area (Å²) in [5, 5.41) is 18.5. The SMILES string of the molecule is OCc1ccccc1Oc1cc(Br)ccc1CO. The molecule has 18 heavy (non-hydrogen) atoms. The second-order valence-corrected chi connectivity index (χ2v) is 4.69. The summed E-state index contributed by atoms with van der Waals surface area (Å²) in [7, 11) is 0. The van der Waals surface area contributed by atoms with Crippen molar-refractivity contribution in [1.82, 2.24) is 0 Å². The predicted octanol–water partition coefficient (Wildman–Crippen LogP) is 3.23. The molecule has 0 fully saturated rings. The van der Waals surface area contributed by atoms with Gasteiger partial charge in [0.05, 0.1) is 13.2 Å². The van der Waals surface area contributed by atoms with Gasteiger partial charge in [-0.2, -0.15) is 0 Å². The lowest BCUT2D eigenvalue weighted by Crippen LogP contribution is -1.95. The molecule has 2 rings (SSSR count).